The third-order valence-corrected chi connectivity index (χ3v) is 5.72. The second-order valence-electron chi connectivity index (χ2n) is 8.90. The molecule has 37 heavy (non-hydrogen) atoms. The van der Waals surface area contributed by atoms with Gasteiger partial charge in [0, 0.05) is 25.5 Å². The molecule has 11 nitrogen and oxygen atoms in total. The van der Waals surface area contributed by atoms with Gasteiger partial charge in [-0.15, -0.1) is 0 Å². The molecule has 0 fully saturated rings. The normalized spacial score (nSPS) is 12.8. The fourth-order valence-electron chi connectivity index (χ4n) is 3.64. The number of ether oxygens (including phenoxy) is 1. The van der Waals surface area contributed by atoms with E-state index in [1.165, 1.54) is 31.2 Å². The molecule has 0 aromatic heterocycles. The molecule has 12 heteroatoms. The highest BCUT2D eigenvalue weighted by Gasteiger charge is 2.27. The minimum absolute atomic E-state index is 0.0404. The Morgan fingerprint density at radius 1 is 0.946 bits per heavy atom. The Kier molecular flexibility index (Phi) is 11.1. The first kappa shape index (κ1) is 29.8. The number of hydrogen-bond donors (Lipinski definition) is 5. The van der Waals surface area contributed by atoms with Crippen molar-refractivity contribution in [1.82, 2.24) is 16.0 Å². The molecule has 0 aliphatic carbocycles. The summed E-state index contributed by atoms with van der Waals surface area (Å²) in [7, 11) is -3.15. The van der Waals surface area contributed by atoms with Gasteiger partial charge in [-0.25, -0.2) is 4.57 Å². The SMILES string of the molecule is COc1ccccc1CNC(=O)[C@H](CC(C)C)NC(=O)[C@H](Cc1ccc(OP(=O)(O)O)cc1)NC(C)=O. The summed E-state index contributed by atoms with van der Waals surface area (Å²) in [5.74, 6) is -0.639. The first-order valence-corrected chi connectivity index (χ1v) is 13.2. The van der Waals surface area contributed by atoms with E-state index in [1.807, 2.05) is 32.0 Å². The largest absolute Gasteiger partial charge is 0.524 e. The van der Waals surface area contributed by atoms with Crippen molar-refractivity contribution in [3.63, 3.8) is 0 Å². The van der Waals surface area contributed by atoms with Gasteiger partial charge < -0.3 is 25.2 Å². The molecule has 2 aromatic rings. The zero-order valence-electron chi connectivity index (χ0n) is 21.3. The van der Waals surface area contributed by atoms with Crippen molar-refractivity contribution in [2.75, 3.05) is 7.11 Å². The number of nitrogens with one attached hydrogen (secondary N) is 3. The summed E-state index contributed by atoms with van der Waals surface area (Å²) in [4.78, 5) is 55.8. The fraction of sp³-hybridized carbons (Fsp3) is 0.400. The van der Waals surface area contributed by atoms with Gasteiger partial charge in [-0.1, -0.05) is 44.2 Å². The number of hydrogen-bond acceptors (Lipinski definition) is 6. The molecule has 0 bridgehead atoms. The second kappa shape index (κ2) is 13.8. The van der Waals surface area contributed by atoms with Gasteiger partial charge in [0.1, 0.15) is 23.6 Å². The second-order valence-corrected chi connectivity index (χ2v) is 10.1. The lowest BCUT2D eigenvalue weighted by atomic mass is 10.0. The highest BCUT2D eigenvalue weighted by atomic mass is 31.2. The first-order valence-electron chi connectivity index (χ1n) is 11.7. The minimum atomic E-state index is -4.70. The van der Waals surface area contributed by atoms with Crippen molar-refractivity contribution in [3.8, 4) is 11.5 Å². The third kappa shape index (κ3) is 10.6. The molecule has 0 aliphatic heterocycles. The van der Waals surface area contributed by atoms with Gasteiger partial charge in [-0.05, 0) is 36.1 Å². The maximum absolute atomic E-state index is 13.2. The fourth-order valence-corrected chi connectivity index (χ4v) is 4.04. The van der Waals surface area contributed by atoms with E-state index in [-0.39, 0.29) is 30.5 Å². The van der Waals surface area contributed by atoms with Crippen LogP contribution in [-0.4, -0.2) is 46.7 Å². The van der Waals surface area contributed by atoms with Gasteiger partial charge in [-0.3, -0.25) is 24.2 Å². The number of rotatable bonds is 13. The topological polar surface area (TPSA) is 163 Å². The molecule has 0 aliphatic rings. The van der Waals surface area contributed by atoms with Crippen molar-refractivity contribution in [3.05, 3.63) is 59.7 Å². The van der Waals surface area contributed by atoms with Crippen LogP contribution in [0.25, 0.3) is 0 Å². The Hall–Kier alpha value is -3.40. The molecule has 2 aromatic carbocycles. The summed E-state index contributed by atoms with van der Waals surface area (Å²) < 4.78 is 20.8. The third-order valence-electron chi connectivity index (χ3n) is 5.27. The average Bonchev–Trinajstić information content (AvgIpc) is 2.81. The summed E-state index contributed by atoms with van der Waals surface area (Å²) >= 11 is 0. The molecule has 3 amide bonds. The number of methoxy groups -OCH3 is 1. The average molecular weight is 536 g/mol. The van der Waals surface area contributed by atoms with E-state index in [9.17, 15) is 18.9 Å². The van der Waals surface area contributed by atoms with Gasteiger partial charge in [0.2, 0.25) is 17.7 Å². The van der Waals surface area contributed by atoms with E-state index in [0.29, 0.717) is 17.7 Å². The van der Waals surface area contributed by atoms with Crippen molar-refractivity contribution in [1.29, 1.82) is 0 Å². The molecular formula is C25H34N3O8P. The van der Waals surface area contributed by atoms with Gasteiger partial charge in [0.25, 0.3) is 0 Å². The van der Waals surface area contributed by atoms with Crippen molar-refractivity contribution < 1.29 is 38.0 Å². The summed E-state index contributed by atoms with van der Waals surface area (Å²) in [6.45, 7) is 5.35. The Bertz CT molecular complexity index is 1120. The number of carbonyl (C=O) groups excluding carboxylic acids is 3. The predicted octanol–water partition coefficient (Wildman–Crippen LogP) is 2.06. The molecule has 0 unspecified atom stereocenters. The van der Waals surface area contributed by atoms with Crippen LogP contribution in [-0.2, 0) is 31.9 Å². The van der Waals surface area contributed by atoms with E-state index < -0.39 is 31.7 Å². The summed E-state index contributed by atoms with van der Waals surface area (Å²) in [5, 5.41) is 8.19. The van der Waals surface area contributed by atoms with Gasteiger partial charge in [-0.2, -0.15) is 0 Å². The maximum atomic E-state index is 13.2. The standard InChI is InChI=1S/C25H34N3O8P/c1-16(2)13-21(24(30)26-15-19-7-5-6-8-23(19)35-4)28-25(31)22(27-17(3)29)14-18-9-11-20(12-10-18)36-37(32,33)34/h5-12,16,21-22H,13-15H2,1-4H3,(H,26,30)(H,27,29)(H,28,31)(H2,32,33,34)/t21-,22-/m0/s1. The minimum Gasteiger partial charge on any atom is -0.496 e. The molecule has 0 saturated carbocycles. The highest BCUT2D eigenvalue weighted by Crippen LogP contribution is 2.37. The van der Waals surface area contributed by atoms with Crippen LogP contribution in [0.1, 0.15) is 38.3 Å². The zero-order chi connectivity index (χ0) is 27.6. The van der Waals surface area contributed by atoms with E-state index >= 15 is 0 Å². The quantitative estimate of drug-likeness (QED) is 0.243. The van der Waals surface area contributed by atoms with E-state index in [2.05, 4.69) is 20.5 Å². The van der Waals surface area contributed by atoms with Crippen LogP contribution in [0, 0.1) is 5.92 Å². The number of carbonyl (C=O) groups is 3. The molecule has 0 spiro atoms. The molecule has 2 rings (SSSR count). The monoisotopic (exact) mass is 535 g/mol. The molecule has 0 saturated heterocycles. The van der Waals surface area contributed by atoms with Crippen LogP contribution < -0.4 is 25.2 Å². The zero-order valence-corrected chi connectivity index (χ0v) is 22.2. The lowest BCUT2D eigenvalue weighted by Crippen LogP contribution is -2.54. The first-order chi connectivity index (χ1) is 17.4. The van der Waals surface area contributed by atoms with Gasteiger partial charge in [0.15, 0.2) is 0 Å². The van der Waals surface area contributed by atoms with Crippen LogP contribution >= 0.6 is 7.82 Å². The smallest absolute Gasteiger partial charge is 0.496 e. The Morgan fingerprint density at radius 3 is 2.16 bits per heavy atom. The lowest BCUT2D eigenvalue weighted by molar-refractivity contribution is -0.132. The molecule has 0 heterocycles. The number of para-hydroxylation sites is 1. The van der Waals surface area contributed by atoms with Crippen LogP contribution in [0.3, 0.4) is 0 Å². The molecule has 2 atom stereocenters. The number of phosphoric ester groups is 1. The Morgan fingerprint density at radius 2 is 1.59 bits per heavy atom. The summed E-state index contributed by atoms with van der Waals surface area (Å²) in [6.07, 6.45) is 0.462. The van der Waals surface area contributed by atoms with Gasteiger partial charge in [0.05, 0.1) is 7.11 Å². The van der Waals surface area contributed by atoms with Crippen molar-refractivity contribution in [2.24, 2.45) is 5.92 Å². The molecule has 202 valence electrons. The van der Waals surface area contributed by atoms with Crippen LogP contribution in [0.5, 0.6) is 11.5 Å². The maximum Gasteiger partial charge on any atom is 0.524 e. The van der Waals surface area contributed by atoms with Gasteiger partial charge >= 0.3 is 7.82 Å². The Balaban J connectivity index is 2.12. The number of phosphoric acid groups is 1. The summed E-state index contributed by atoms with van der Waals surface area (Å²) in [6, 6.07) is 11.2. The van der Waals surface area contributed by atoms with E-state index in [4.69, 9.17) is 14.5 Å². The molecular weight excluding hydrogens is 501 g/mol. The van der Waals surface area contributed by atoms with Crippen LogP contribution in [0.4, 0.5) is 0 Å². The predicted molar refractivity (Wildman–Crippen MR) is 137 cm³/mol. The van der Waals surface area contributed by atoms with Crippen LogP contribution in [0.15, 0.2) is 48.5 Å². The van der Waals surface area contributed by atoms with Crippen molar-refractivity contribution >= 4 is 25.5 Å². The Labute approximate surface area is 216 Å². The lowest BCUT2D eigenvalue weighted by Gasteiger charge is -2.24. The van der Waals surface area contributed by atoms with Crippen LogP contribution in [0.2, 0.25) is 0 Å². The summed E-state index contributed by atoms with van der Waals surface area (Å²) in [5.41, 5.74) is 1.39. The van der Waals surface area contributed by atoms with E-state index in [1.54, 1.807) is 13.2 Å². The van der Waals surface area contributed by atoms with Crippen molar-refractivity contribution in [2.45, 2.75) is 52.2 Å². The highest BCUT2D eigenvalue weighted by molar-refractivity contribution is 7.46. The van der Waals surface area contributed by atoms with E-state index in [0.717, 1.165) is 5.56 Å². The number of amides is 3. The number of benzene rings is 2. The molecule has 5 N–H and O–H groups in total. The molecule has 0 radical (unpaired) electrons.